The van der Waals surface area contributed by atoms with Gasteiger partial charge in [0.1, 0.15) is 0 Å². The number of anilines is 1. The molecular weight excluding hydrogens is 286 g/mol. The van der Waals surface area contributed by atoms with Crippen molar-refractivity contribution in [2.24, 2.45) is 11.8 Å². The fourth-order valence-corrected chi connectivity index (χ4v) is 4.44. The Balaban J connectivity index is 1.61. The molecule has 0 radical (unpaired) electrons. The summed E-state index contributed by atoms with van der Waals surface area (Å²) in [4.78, 5) is 19.2. The van der Waals surface area contributed by atoms with Gasteiger partial charge in [0.05, 0.1) is 6.42 Å². The second-order valence-corrected chi connectivity index (χ2v) is 7.59. The highest BCUT2D eigenvalue weighted by atomic mass is 16.2. The van der Waals surface area contributed by atoms with E-state index in [2.05, 4.69) is 53.1 Å². The highest BCUT2D eigenvalue weighted by molar-refractivity contribution is 5.79. The van der Waals surface area contributed by atoms with Gasteiger partial charge in [0, 0.05) is 38.9 Å². The zero-order valence-corrected chi connectivity index (χ0v) is 14.8. The summed E-state index contributed by atoms with van der Waals surface area (Å²) >= 11 is 0. The van der Waals surface area contributed by atoms with Crippen LogP contribution in [0.2, 0.25) is 0 Å². The van der Waals surface area contributed by atoms with Crippen LogP contribution < -0.4 is 4.90 Å². The van der Waals surface area contributed by atoms with Crippen LogP contribution in [0.15, 0.2) is 24.3 Å². The molecule has 1 aromatic rings. The van der Waals surface area contributed by atoms with Crippen molar-refractivity contribution in [3.05, 3.63) is 29.8 Å². The third-order valence-electron chi connectivity index (χ3n) is 5.54. The van der Waals surface area contributed by atoms with Crippen LogP contribution in [-0.2, 0) is 11.2 Å². The number of hydrogen-bond donors (Lipinski definition) is 0. The molecule has 1 aliphatic carbocycles. The van der Waals surface area contributed by atoms with Crippen LogP contribution in [0, 0.1) is 11.8 Å². The Morgan fingerprint density at radius 1 is 1.04 bits per heavy atom. The summed E-state index contributed by atoms with van der Waals surface area (Å²) in [7, 11) is 8.43. The van der Waals surface area contributed by atoms with Gasteiger partial charge in [-0.1, -0.05) is 12.1 Å². The van der Waals surface area contributed by atoms with Crippen molar-refractivity contribution in [3.63, 3.8) is 0 Å². The molecule has 126 valence electrons. The number of likely N-dealkylation sites (tertiary alicyclic amines) is 1. The minimum absolute atomic E-state index is 0.289. The lowest BCUT2D eigenvalue weighted by molar-refractivity contribution is -0.133. The maximum Gasteiger partial charge on any atom is 0.227 e. The number of amides is 1. The maximum atomic E-state index is 12.7. The Hall–Kier alpha value is -1.55. The highest BCUT2D eigenvalue weighted by Crippen LogP contribution is 2.39. The van der Waals surface area contributed by atoms with Crippen molar-refractivity contribution >= 4 is 11.6 Å². The summed E-state index contributed by atoms with van der Waals surface area (Å²) in [5.74, 6) is 1.60. The number of piperidine rings is 1. The largest absolute Gasteiger partial charge is 0.378 e. The predicted octanol–water partition coefficient (Wildman–Crippen LogP) is 2.09. The van der Waals surface area contributed by atoms with Crippen LogP contribution in [-0.4, -0.2) is 63.0 Å². The first-order valence-corrected chi connectivity index (χ1v) is 8.66. The van der Waals surface area contributed by atoms with Gasteiger partial charge in [0.25, 0.3) is 0 Å². The van der Waals surface area contributed by atoms with Crippen LogP contribution in [0.25, 0.3) is 0 Å². The van der Waals surface area contributed by atoms with Crippen molar-refractivity contribution in [1.82, 2.24) is 9.80 Å². The van der Waals surface area contributed by atoms with Crippen LogP contribution in [0.1, 0.15) is 18.4 Å². The minimum Gasteiger partial charge on any atom is -0.378 e. The third-order valence-corrected chi connectivity index (χ3v) is 5.54. The average Bonchev–Trinajstić information content (AvgIpc) is 2.78. The zero-order chi connectivity index (χ0) is 16.6. The number of rotatable bonds is 4. The summed E-state index contributed by atoms with van der Waals surface area (Å²) < 4.78 is 0. The summed E-state index contributed by atoms with van der Waals surface area (Å²) in [5.41, 5.74) is 2.29. The third kappa shape index (κ3) is 3.37. The smallest absolute Gasteiger partial charge is 0.227 e. The van der Waals surface area contributed by atoms with E-state index in [4.69, 9.17) is 0 Å². The molecule has 1 saturated carbocycles. The Labute approximate surface area is 140 Å². The molecule has 4 nitrogen and oxygen atoms in total. The van der Waals surface area contributed by atoms with Gasteiger partial charge in [0.15, 0.2) is 0 Å². The van der Waals surface area contributed by atoms with Crippen molar-refractivity contribution in [1.29, 1.82) is 0 Å². The Bertz CT molecular complexity index is 538. The monoisotopic (exact) mass is 315 g/mol. The lowest BCUT2D eigenvalue weighted by Crippen LogP contribution is -2.52. The van der Waals surface area contributed by atoms with Gasteiger partial charge in [-0.25, -0.2) is 0 Å². The van der Waals surface area contributed by atoms with E-state index in [1.807, 2.05) is 14.1 Å². The van der Waals surface area contributed by atoms with Gasteiger partial charge in [-0.05, 0) is 56.5 Å². The molecule has 1 saturated heterocycles. The molecule has 2 aliphatic rings. The van der Waals surface area contributed by atoms with Gasteiger partial charge in [-0.15, -0.1) is 0 Å². The lowest BCUT2D eigenvalue weighted by Gasteiger charge is -2.41. The van der Waals surface area contributed by atoms with Crippen LogP contribution in [0.3, 0.4) is 0 Å². The van der Waals surface area contributed by atoms with Crippen LogP contribution >= 0.6 is 0 Å². The zero-order valence-electron chi connectivity index (χ0n) is 14.8. The number of nitrogens with zero attached hydrogens (tertiary/aromatic N) is 3. The Kier molecular flexibility index (Phi) is 4.62. The standard InChI is InChI=1S/C19H29N3O/c1-20(2)17-9-5-14(6-10-17)11-18(23)22-12-15-7-8-16(13-22)19(15)21(3)4/h5-6,9-10,15-16,19H,7-8,11-13H2,1-4H3/t15-,16+,19?. The fourth-order valence-electron chi connectivity index (χ4n) is 4.44. The van der Waals surface area contributed by atoms with E-state index in [9.17, 15) is 4.79 Å². The van der Waals surface area contributed by atoms with Gasteiger partial charge in [0.2, 0.25) is 5.91 Å². The molecular formula is C19H29N3O. The molecule has 23 heavy (non-hydrogen) atoms. The van der Waals surface area contributed by atoms with Crippen LogP contribution in [0.4, 0.5) is 5.69 Å². The Morgan fingerprint density at radius 3 is 2.09 bits per heavy atom. The highest BCUT2D eigenvalue weighted by Gasteiger charge is 2.43. The SMILES string of the molecule is CN(C)c1ccc(CC(=O)N2C[C@H]3CC[C@@H](C2)C3N(C)C)cc1. The number of carbonyl (C=O) groups is 1. The lowest BCUT2D eigenvalue weighted by atomic mass is 9.91. The second kappa shape index (κ2) is 6.52. The number of carbonyl (C=O) groups excluding carboxylic acids is 1. The van der Waals surface area contributed by atoms with E-state index in [0.717, 1.165) is 18.7 Å². The molecule has 2 fully saturated rings. The van der Waals surface area contributed by atoms with E-state index in [1.54, 1.807) is 0 Å². The number of benzene rings is 1. The van der Waals surface area contributed by atoms with Crippen LogP contribution in [0.5, 0.6) is 0 Å². The molecule has 1 unspecified atom stereocenters. The first-order chi connectivity index (χ1) is 11.0. The normalized spacial score (nSPS) is 26.7. The average molecular weight is 315 g/mol. The fraction of sp³-hybridized carbons (Fsp3) is 0.632. The van der Waals surface area contributed by atoms with E-state index in [1.165, 1.54) is 18.5 Å². The molecule has 0 N–H and O–H groups in total. The van der Waals surface area contributed by atoms with Gasteiger partial charge < -0.3 is 14.7 Å². The summed E-state index contributed by atoms with van der Waals surface area (Å²) in [6.07, 6.45) is 3.07. The maximum absolute atomic E-state index is 12.7. The Morgan fingerprint density at radius 2 is 1.61 bits per heavy atom. The first kappa shape index (κ1) is 16.3. The first-order valence-electron chi connectivity index (χ1n) is 8.66. The molecule has 4 heteroatoms. The quantitative estimate of drug-likeness (QED) is 0.851. The molecule has 3 atom stereocenters. The number of fused-ring (bicyclic) bond motifs is 2. The van der Waals surface area contributed by atoms with E-state index in [-0.39, 0.29) is 5.91 Å². The van der Waals surface area contributed by atoms with Gasteiger partial charge in [-0.2, -0.15) is 0 Å². The van der Waals surface area contributed by atoms with Crippen molar-refractivity contribution in [2.75, 3.05) is 46.2 Å². The summed E-state index contributed by atoms with van der Waals surface area (Å²) in [6, 6.07) is 9.00. The molecule has 1 aromatic carbocycles. The molecule has 0 aromatic heterocycles. The predicted molar refractivity (Wildman–Crippen MR) is 94.7 cm³/mol. The number of hydrogen-bond acceptors (Lipinski definition) is 3. The van der Waals surface area contributed by atoms with Gasteiger partial charge >= 0.3 is 0 Å². The van der Waals surface area contributed by atoms with E-state index in [0.29, 0.717) is 24.3 Å². The molecule has 0 spiro atoms. The van der Waals surface area contributed by atoms with E-state index < -0.39 is 0 Å². The summed E-state index contributed by atoms with van der Waals surface area (Å²) in [5, 5.41) is 0. The summed E-state index contributed by atoms with van der Waals surface area (Å²) in [6.45, 7) is 1.88. The van der Waals surface area contributed by atoms with Crippen molar-refractivity contribution < 1.29 is 4.79 Å². The van der Waals surface area contributed by atoms with Crippen molar-refractivity contribution in [3.8, 4) is 0 Å². The molecule has 2 bridgehead atoms. The van der Waals surface area contributed by atoms with Crippen molar-refractivity contribution in [2.45, 2.75) is 25.3 Å². The topological polar surface area (TPSA) is 26.8 Å². The van der Waals surface area contributed by atoms with E-state index >= 15 is 0 Å². The molecule has 1 amide bonds. The second-order valence-electron chi connectivity index (χ2n) is 7.59. The molecule has 1 aliphatic heterocycles. The van der Waals surface area contributed by atoms with Gasteiger partial charge in [-0.3, -0.25) is 4.79 Å². The minimum atomic E-state index is 0.289. The molecule has 3 rings (SSSR count). The molecule has 1 heterocycles.